The Morgan fingerprint density at radius 2 is 1.94 bits per heavy atom. The average molecular weight is 242 g/mol. The van der Waals surface area contributed by atoms with Gasteiger partial charge in [-0.2, -0.15) is 0 Å². The summed E-state index contributed by atoms with van der Waals surface area (Å²) in [6, 6.07) is 6.48. The van der Waals surface area contributed by atoms with Crippen LogP contribution in [-0.2, 0) is 7.05 Å². The van der Waals surface area contributed by atoms with Crippen molar-refractivity contribution in [3.8, 4) is 5.75 Å². The first-order valence-electron chi connectivity index (χ1n) is 5.37. The number of hydrogen-bond donors (Lipinski definition) is 1. The van der Waals surface area contributed by atoms with Crippen LogP contribution in [0.3, 0.4) is 0 Å². The molecule has 2 aromatic heterocycles. The van der Waals surface area contributed by atoms with Crippen molar-refractivity contribution in [1.82, 2.24) is 8.97 Å². The highest BCUT2D eigenvalue weighted by Crippen LogP contribution is 2.25. The molecule has 0 saturated heterocycles. The second kappa shape index (κ2) is 3.22. The summed E-state index contributed by atoms with van der Waals surface area (Å²) >= 11 is 0. The van der Waals surface area contributed by atoms with Gasteiger partial charge in [0.05, 0.1) is 5.52 Å². The number of fused-ring (bicyclic) bond motifs is 3. The molecule has 0 saturated carbocycles. The van der Waals surface area contributed by atoms with E-state index in [-0.39, 0.29) is 22.2 Å². The Bertz CT molecular complexity index is 950. The summed E-state index contributed by atoms with van der Waals surface area (Å²) in [7, 11) is 1.50. The summed E-state index contributed by atoms with van der Waals surface area (Å²) in [6.45, 7) is 3.59. The van der Waals surface area contributed by atoms with Crippen molar-refractivity contribution in [2.75, 3.05) is 0 Å². The van der Waals surface area contributed by atoms with Crippen LogP contribution in [0.5, 0.6) is 5.75 Å². The normalized spacial score (nSPS) is 11.4. The van der Waals surface area contributed by atoms with Crippen LogP contribution in [0.15, 0.2) is 33.9 Å². The molecule has 3 aromatic rings. The lowest BCUT2D eigenvalue weighted by atomic mass is 10.2. The molecule has 2 heterocycles. The van der Waals surface area contributed by atoms with E-state index in [1.165, 1.54) is 22.1 Å². The van der Waals surface area contributed by atoms with Crippen LogP contribution in [-0.4, -0.2) is 14.1 Å². The topological polar surface area (TPSA) is 63.7 Å². The molecular weight excluding hydrogens is 232 g/mol. The molecular formula is C13H10N2O3. The highest BCUT2D eigenvalue weighted by molar-refractivity contribution is 5.91. The molecule has 0 spiro atoms. The van der Waals surface area contributed by atoms with Crippen LogP contribution in [0.2, 0.25) is 0 Å². The van der Waals surface area contributed by atoms with Crippen molar-refractivity contribution < 1.29 is 5.11 Å². The van der Waals surface area contributed by atoms with Gasteiger partial charge in [0.25, 0.3) is 11.1 Å². The molecule has 0 aliphatic rings. The first kappa shape index (κ1) is 10.6. The molecule has 1 aromatic carbocycles. The van der Waals surface area contributed by atoms with Crippen molar-refractivity contribution in [3.63, 3.8) is 0 Å². The molecule has 0 aliphatic heterocycles. The van der Waals surface area contributed by atoms with E-state index < -0.39 is 5.56 Å². The van der Waals surface area contributed by atoms with Crippen LogP contribution in [0.4, 0.5) is 0 Å². The predicted molar refractivity (Wildman–Crippen MR) is 68.8 cm³/mol. The van der Waals surface area contributed by atoms with E-state index in [0.717, 1.165) is 0 Å². The molecule has 3 rings (SSSR count). The van der Waals surface area contributed by atoms with Crippen molar-refractivity contribution in [3.05, 3.63) is 50.3 Å². The Labute approximate surface area is 101 Å². The quantitative estimate of drug-likeness (QED) is 0.603. The maximum Gasteiger partial charge on any atom is 0.279 e. The fourth-order valence-electron chi connectivity index (χ4n) is 2.18. The van der Waals surface area contributed by atoms with Gasteiger partial charge in [0.2, 0.25) is 0 Å². The second-order valence-corrected chi connectivity index (χ2v) is 4.20. The predicted octanol–water partition coefficient (Wildman–Crippen LogP) is -0.0138. The lowest BCUT2D eigenvalue weighted by Gasteiger charge is -2.01. The van der Waals surface area contributed by atoms with E-state index in [0.29, 0.717) is 10.9 Å². The molecule has 0 radical (unpaired) electrons. The number of benzene rings is 1. The minimum Gasteiger partial charge on any atom is -0.506 e. The molecule has 0 unspecified atom stereocenters. The molecule has 5 heteroatoms. The van der Waals surface area contributed by atoms with Crippen LogP contribution in [0.25, 0.3) is 23.0 Å². The Kier molecular flexibility index (Phi) is 1.90. The second-order valence-electron chi connectivity index (χ2n) is 4.20. The van der Waals surface area contributed by atoms with Gasteiger partial charge in [0, 0.05) is 12.4 Å². The van der Waals surface area contributed by atoms with Gasteiger partial charge >= 0.3 is 0 Å². The molecule has 0 aliphatic carbocycles. The van der Waals surface area contributed by atoms with Gasteiger partial charge in [0.15, 0.2) is 0 Å². The van der Waals surface area contributed by atoms with Crippen LogP contribution < -0.4 is 16.5 Å². The van der Waals surface area contributed by atoms with Crippen LogP contribution >= 0.6 is 0 Å². The Morgan fingerprint density at radius 1 is 1.22 bits per heavy atom. The fraction of sp³-hybridized carbons (Fsp3) is 0.0769. The first-order chi connectivity index (χ1) is 8.52. The van der Waals surface area contributed by atoms with Gasteiger partial charge < -0.3 is 9.67 Å². The number of rotatable bonds is 0. The van der Waals surface area contributed by atoms with Gasteiger partial charge in [0.1, 0.15) is 16.6 Å². The zero-order chi connectivity index (χ0) is 13.0. The van der Waals surface area contributed by atoms with Crippen LogP contribution in [0.1, 0.15) is 0 Å². The van der Waals surface area contributed by atoms with E-state index >= 15 is 0 Å². The van der Waals surface area contributed by atoms with Crippen LogP contribution in [0, 0.1) is 0 Å². The zero-order valence-electron chi connectivity index (χ0n) is 9.67. The monoisotopic (exact) mass is 242 g/mol. The van der Waals surface area contributed by atoms with Crippen molar-refractivity contribution in [1.29, 1.82) is 0 Å². The Hall–Kier alpha value is -2.56. The summed E-state index contributed by atoms with van der Waals surface area (Å²) in [5, 5.41) is 10.6. The molecule has 0 atom stereocenters. The first-order valence-corrected chi connectivity index (χ1v) is 5.37. The van der Waals surface area contributed by atoms with E-state index in [1.807, 2.05) is 0 Å². The number of aromatic hydroxyl groups is 1. The lowest BCUT2D eigenvalue weighted by Crippen LogP contribution is -2.44. The third kappa shape index (κ3) is 1.10. The van der Waals surface area contributed by atoms with Gasteiger partial charge in [-0.3, -0.25) is 14.0 Å². The highest BCUT2D eigenvalue weighted by atomic mass is 16.3. The molecule has 90 valence electrons. The third-order valence-electron chi connectivity index (χ3n) is 3.18. The van der Waals surface area contributed by atoms with E-state index in [9.17, 15) is 14.7 Å². The van der Waals surface area contributed by atoms with E-state index in [2.05, 4.69) is 6.58 Å². The molecule has 1 N–H and O–H groups in total. The maximum atomic E-state index is 12.2. The molecule has 5 nitrogen and oxygen atoms in total. The molecule has 18 heavy (non-hydrogen) atoms. The fourth-order valence-corrected chi connectivity index (χ4v) is 2.18. The standard InChI is InChI=1S/C13H10N2O3/c1-7-12(17)15-9(13(18)14(7)2)6-8-4-3-5-10(16)11(8)15/h3-6,16H,1H2,2H3. The van der Waals surface area contributed by atoms with Crippen molar-refractivity contribution >= 4 is 23.0 Å². The van der Waals surface area contributed by atoms with Crippen molar-refractivity contribution in [2.24, 2.45) is 7.05 Å². The number of para-hydroxylation sites is 1. The number of nitrogens with zero attached hydrogens (tertiary/aromatic N) is 2. The smallest absolute Gasteiger partial charge is 0.279 e. The van der Waals surface area contributed by atoms with E-state index in [1.54, 1.807) is 18.2 Å². The van der Waals surface area contributed by atoms with Gasteiger partial charge in [-0.25, -0.2) is 0 Å². The SMILES string of the molecule is C=c1c(=O)n2c(cc3cccc(O)c32)c(=O)n1C. The summed E-state index contributed by atoms with van der Waals surface area (Å²) < 4.78 is 2.43. The summed E-state index contributed by atoms with van der Waals surface area (Å²) in [5.74, 6) is -0.0303. The summed E-state index contributed by atoms with van der Waals surface area (Å²) in [5.41, 5.74) is -0.120. The summed E-state index contributed by atoms with van der Waals surface area (Å²) in [6.07, 6.45) is 0. The Morgan fingerprint density at radius 3 is 2.67 bits per heavy atom. The minimum atomic E-state index is -0.399. The van der Waals surface area contributed by atoms with Gasteiger partial charge in [-0.15, -0.1) is 0 Å². The maximum absolute atomic E-state index is 12.2. The highest BCUT2D eigenvalue weighted by Gasteiger charge is 2.13. The Balaban J connectivity index is 2.85. The van der Waals surface area contributed by atoms with Gasteiger partial charge in [-0.05, 0) is 12.1 Å². The van der Waals surface area contributed by atoms with E-state index in [4.69, 9.17) is 0 Å². The van der Waals surface area contributed by atoms with Crippen molar-refractivity contribution in [2.45, 2.75) is 0 Å². The number of aromatic nitrogens is 2. The van der Waals surface area contributed by atoms with Gasteiger partial charge in [-0.1, -0.05) is 18.7 Å². The number of hydrogen-bond acceptors (Lipinski definition) is 3. The largest absolute Gasteiger partial charge is 0.506 e. The molecule has 0 bridgehead atoms. The number of phenols is 1. The zero-order valence-corrected chi connectivity index (χ0v) is 9.67. The lowest BCUT2D eigenvalue weighted by molar-refractivity contribution is 0.480. The number of phenolic OH excluding ortho intramolecular Hbond substituents is 1. The minimum absolute atomic E-state index is 0.0303. The molecule has 0 amide bonds. The third-order valence-corrected chi connectivity index (χ3v) is 3.18. The summed E-state index contributed by atoms with van der Waals surface area (Å²) in [4.78, 5) is 24.2. The average Bonchev–Trinajstić information content (AvgIpc) is 2.75. The molecule has 0 fully saturated rings.